The van der Waals surface area contributed by atoms with Crippen LogP contribution >= 0.6 is 0 Å². The molecule has 106 valence electrons. The Morgan fingerprint density at radius 1 is 1.11 bits per heavy atom. The molecule has 1 aliphatic rings. The summed E-state index contributed by atoms with van der Waals surface area (Å²) >= 11 is 0. The molecule has 6 heteroatoms. The van der Waals surface area contributed by atoms with Crippen molar-refractivity contribution in [1.82, 2.24) is 15.0 Å². The number of nitrogen functional groups attached to an aromatic ring is 1. The molecule has 0 amide bonds. The first-order valence-corrected chi connectivity index (χ1v) is 6.91. The smallest absolute Gasteiger partial charge is 0.231 e. The summed E-state index contributed by atoms with van der Waals surface area (Å²) in [6, 6.07) is 0.433. The van der Waals surface area contributed by atoms with Crippen molar-refractivity contribution < 1.29 is 0 Å². The maximum atomic E-state index is 5.72. The summed E-state index contributed by atoms with van der Waals surface area (Å²) in [6.07, 6.45) is 3.57. The fraction of sp³-hybridized carbons (Fsp3) is 0.769. The highest BCUT2D eigenvalue weighted by atomic mass is 15.3. The Kier molecular flexibility index (Phi) is 4.07. The number of anilines is 3. The molecule has 1 fully saturated rings. The molecule has 0 radical (unpaired) electrons. The number of aromatic nitrogens is 3. The molecular weight excluding hydrogens is 240 g/mol. The van der Waals surface area contributed by atoms with E-state index in [0.29, 0.717) is 17.9 Å². The van der Waals surface area contributed by atoms with E-state index in [2.05, 4.69) is 34.1 Å². The predicted molar refractivity (Wildman–Crippen MR) is 78.2 cm³/mol. The van der Waals surface area contributed by atoms with Crippen molar-refractivity contribution in [2.24, 2.45) is 11.8 Å². The Balaban J connectivity index is 2.07. The van der Waals surface area contributed by atoms with Gasteiger partial charge >= 0.3 is 0 Å². The number of nitrogens with one attached hydrogen (secondary N) is 1. The predicted octanol–water partition coefficient (Wildman–Crippen LogP) is 1.76. The third-order valence-corrected chi connectivity index (χ3v) is 3.97. The third kappa shape index (κ3) is 3.45. The van der Waals surface area contributed by atoms with E-state index in [9.17, 15) is 0 Å². The number of rotatable bonds is 3. The first kappa shape index (κ1) is 13.8. The minimum Gasteiger partial charge on any atom is -0.368 e. The fourth-order valence-corrected chi connectivity index (χ4v) is 2.51. The van der Waals surface area contributed by atoms with Crippen LogP contribution in [0.1, 0.15) is 33.1 Å². The van der Waals surface area contributed by atoms with Crippen LogP contribution in [0.3, 0.4) is 0 Å². The first-order chi connectivity index (χ1) is 8.95. The highest BCUT2D eigenvalue weighted by Gasteiger charge is 2.25. The van der Waals surface area contributed by atoms with Gasteiger partial charge in [0.2, 0.25) is 17.8 Å². The zero-order chi connectivity index (χ0) is 14.0. The molecule has 2 rings (SSSR count). The van der Waals surface area contributed by atoms with E-state index in [-0.39, 0.29) is 5.95 Å². The van der Waals surface area contributed by atoms with Gasteiger partial charge in [-0.05, 0) is 31.1 Å². The minimum atomic E-state index is 0.262. The molecule has 1 heterocycles. The lowest BCUT2D eigenvalue weighted by Crippen LogP contribution is -2.31. The van der Waals surface area contributed by atoms with Crippen LogP contribution in [0.2, 0.25) is 0 Å². The van der Waals surface area contributed by atoms with E-state index in [0.717, 1.165) is 24.7 Å². The van der Waals surface area contributed by atoms with Crippen molar-refractivity contribution in [3.8, 4) is 0 Å². The lowest BCUT2D eigenvalue weighted by atomic mass is 9.79. The van der Waals surface area contributed by atoms with Crippen LogP contribution in [-0.4, -0.2) is 35.1 Å². The van der Waals surface area contributed by atoms with E-state index in [1.54, 1.807) is 0 Å². The van der Waals surface area contributed by atoms with E-state index < -0.39 is 0 Å². The van der Waals surface area contributed by atoms with Crippen molar-refractivity contribution in [2.45, 2.75) is 39.2 Å². The summed E-state index contributed by atoms with van der Waals surface area (Å²) in [4.78, 5) is 14.5. The van der Waals surface area contributed by atoms with Gasteiger partial charge < -0.3 is 16.0 Å². The standard InChI is InChI=1S/C13H24N6/c1-8-5-6-10(7-9(8)2)15-12-16-11(14)17-13(18-12)19(3)4/h8-10H,5-7H2,1-4H3,(H3,14,15,16,17,18). The van der Waals surface area contributed by atoms with E-state index in [4.69, 9.17) is 5.73 Å². The molecule has 3 N–H and O–H groups in total. The number of hydrogen-bond acceptors (Lipinski definition) is 6. The van der Waals surface area contributed by atoms with Crippen molar-refractivity contribution in [3.05, 3.63) is 0 Å². The van der Waals surface area contributed by atoms with E-state index in [1.165, 1.54) is 6.42 Å². The topological polar surface area (TPSA) is 80.0 Å². The summed E-state index contributed by atoms with van der Waals surface area (Å²) < 4.78 is 0. The molecule has 0 saturated heterocycles. The van der Waals surface area contributed by atoms with Crippen LogP contribution in [0.4, 0.5) is 17.8 Å². The average molecular weight is 264 g/mol. The zero-order valence-corrected chi connectivity index (χ0v) is 12.2. The van der Waals surface area contributed by atoms with E-state index >= 15 is 0 Å². The molecule has 1 aromatic heterocycles. The normalized spacial score (nSPS) is 27.1. The Morgan fingerprint density at radius 2 is 1.84 bits per heavy atom. The zero-order valence-electron chi connectivity index (χ0n) is 12.2. The largest absolute Gasteiger partial charge is 0.368 e. The molecule has 19 heavy (non-hydrogen) atoms. The van der Waals surface area contributed by atoms with Crippen LogP contribution in [0, 0.1) is 11.8 Å². The molecule has 0 bridgehead atoms. The Hall–Kier alpha value is -1.59. The maximum Gasteiger partial charge on any atom is 0.231 e. The van der Waals surface area contributed by atoms with Gasteiger partial charge in [-0.1, -0.05) is 13.8 Å². The Labute approximate surface area is 114 Å². The fourth-order valence-electron chi connectivity index (χ4n) is 2.51. The van der Waals surface area contributed by atoms with Crippen molar-refractivity contribution >= 4 is 17.8 Å². The third-order valence-electron chi connectivity index (χ3n) is 3.97. The second kappa shape index (κ2) is 5.59. The number of nitrogens with two attached hydrogens (primary N) is 1. The summed E-state index contributed by atoms with van der Waals surface area (Å²) in [5, 5.41) is 3.40. The van der Waals surface area contributed by atoms with Crippen LogP contribution in [0.5, 0.6) is 0 Å². The van der Waals surface area contributed by atoms with Crippen LogP contribution in [0.15, 0.2) is 0 Å². The molecule has 3 atom stereocenters. The number of hydrogen-bond donors (Lipinski definition) is 2. The maximum absolute atomic E-state index is 5.72. The van der Waals surface area contributed by atoms with Gasteiger partial charge in [-0.15, -0.1) is 0 Å². The van der Waals surface area contributed by atoms with Crippen molar-refractivity contribution in [3.63, 3.8) is 0 Å². The SMILES string of the molecule is CC1CCC(Nc2nc(N)nc(N(C)C)n2)CC1C. The molecule has 1 saturated carbocycles. The second-order valence-electron chi connectivity index (χ2n) is 5.82. The molecule has 6 nitrogen and oxygen atoms in total. The van der Waals surface area contributed by atoms with Gasteiger partial charge in [0.25, 0.3) is 0 Å². The first-order valence-electron chi connectivity index (χ1n) is 6.91. The molecule has 3 unspecified atom stereocenters. The molecule has 0 aliphatic heterocycles. The average Bonchev–Trinajstić information content (AvgIpc) is 2.33. The molecular formula is C13H24N6. The van der Waals surface area contributed by atoms with Gasteiger partial charge in [0.15, 0.2) is 0 Å². The van der Waals surface area contributed by atoms with Gasteiger partial charge in [-0.3, -0.25) is 0 Å². The lowest BCUT2D eigenvalue weighted by molar-refractivity contribution is 0.260. The second-order valence-corrected chi connectivity index (χ2v) is 5.82. The summed E-state index contributed by atoms with van der Waals surface area (Å²) in [7, 11) is 3.78. The molecule has 0 aromatic carbocycles. The monoisotopic (exact) mass is 264 g/mol. The van der Waals surface area contributed by atoms with Crippen LogP contribution in [-0.2, 0) is 0 Å². The summed E-state index contributed by atoms with van der Waals surface area (Å²) in [5.41, 5.74) is 5.72. The van der Waals surface area contributed by atoms with Gasteiger partial charge in [-0.2, -0.15) is 15.0 Å². The summed E-state index contributed by atoms with van der Waals surface area (Å²) in [6.45, 7) is 4.64. The highest BCUT2D eigenvalue weighted by Crippen LogP contribution is 2.30. The van der Waals surface area contributed by atoms with Crippen LogP contribution < -0.4 is 16.0 Å². The minimum absolute atomic E-state index is 0.262. The quantitative estimate of drug-likeness (QED) is 0.866. The molecule has 1 aliphatic carbocycles. The lowest BCUT2D eigenvalue weighted by Gasteiger charge is -2.32. The van der Waals surface area contributed by atoms with Gasteiger partial charge in [-0.25, -0.2) is 0 Å². The highest BCUT2D eigenvalue weighted by molar-refractivity contribution is 5.41. The molecule has 0 spiro atoms. The van der Waals surface area contributed by atoms with Crippen molar-refractivity contribution in [2.75, 3.05) is 30.0 Å². The number of nitrogens with zero attached hydrogens (tertiary/aromatic N) is 4. The Bertz CT molecular complexity index is 433. The summed E-state index contributed by atoms with van der Waals surface area (Å²) in [5.74, 6) is 2.98. The molecule has 1 aromatic rings. The van der Waals surface area contributed by atoms with Crippen molar-refractivity contribution in [1.29, 1.82) is 0 Å². The van der Waals surface area contributed by atoms with Gasteiger partial charge in [0, 0.05) is 20.1 Å². The van der Waals surface area contributed by atoms with E-state index in [1.807, 2.05) is 19.0 Å². The van der Waals surface area contributed by atoms with Gasteiger partial charge in [0.05, 0.1) is 0 Å². The van der Waals surface area contributed by atoms with Crippen LogP contribution in [0.25, 0.3) is 0 Å². The Morgan fingerprint density at radius 3 is 2.47 bits per heavy atom. The van der Waals surface area contributed by atoms with Gasteiger partial charge in [0.1, 0.15) is 0 Å².